The number of carboxylic acid groups (broad SMARTS) is 1. The molecule has 0 aliphatic rings. The first-order valence-electron chi connectivity index (χ1n) is 5.41. The minimum Gasteiger partial charge on any atom is -0.479 e. The molecule has 2 atom stereocenters. The van der Waals surface area contributed by atoms with Gasteiger partial charge in [-0.15, -0.1) is 0 Å². The van der Waals surface area contributed by atoms with E-state index in [2.05, 4.69) is 0 Å². The van der Waals surface area contributed by atoms with E-state index in [1.54, 1.807) is 13.8 Å². The maximum absolute atomic E-state index is 10.8. The van der Waals surface area contributed by atoms with Crippen LogP contribution in [-0.2, 0) is 14.6 Å². The zero-order valence-corrected chi connectivity index (χ0v) is 10.6. The predicted octanol–water partition coefficient (Wildman–Crippen LogP) is 1.74. The summed E-state index contributed by atoms with van der Waals surface area (Å²) >= 11 is 0. The van der Waals surface area contributed by atoms with Gasteiger partial charge < -0.3 is 10.2 Å². The predicted molar refractivity (Wildman–Crippen MR) is 58.9 cm³/mol. The van der Waals surface area contributed by atoms with E-state index >= 15 is 0 Å². The van der Waals surface area contributed by atoms with E-state index in [-0.39, 0.29) is 0 Å². The van der Waals surface area contributed by atoms with Gasteiger partial charge in [-0.1, -0.05) is 6.92 Å². The van der Waals surface area contributed by atoms with Crippen LogP contribution in [0, 0.1) is 0 Å². The Balaban J connectivity index is 4.39. The van der Waals surface area contributed by atoms with Crippen LogP contribution >= 0.6 is 0 Å². The highest BCUT2D eigenvalue weighted by Gasteiger charge is 2.34. The first kappa shape index (κ1) is 15.3. The zero-order chi connectivity index (χ0) is 13.0. The number of aliphatic hydroxyl groups excluding tert-OH is 1. The molecule has 0 aromatic heterocycles. The highest BCUT2D eigenvalue weighted by Crippen LogP contribution is 2.25. The molecule has 0 saturated carbocycles. The smallest absolute Gasteiger partial charge is 0.338 e. The van der Waals surface area contributed by atoms with Crippen LogP contribution in [0.5, 0.6) is 0 Å². The summed E-state index contributed by atoms with van der Waals surface area (Å²) in [5, 5.41) is 18.1. The number of rotatable bonds is 7. The average Bonchev–Trinajstić information content (AvgIpc) is 2.14. The van der Waals surface area contributed by atoms with Crippen molar-refractivity contribution < 1.29 is 24.8 Å². The third-order valence-corrected chi connectivity index (χ3v) is 2.44. The molecule has 0 radical (unpaired) electrons. The maximum atomic E-state index is 10.8. The van der Waals surface area contributed by atoms with Crippen LogP contribution in [0.3, 0.4) is 0 Å². The molecule has 96 valence electrons. The van der Waals surface area contributed by atoms with Crippen LogP contribution in [0.25, 0.3) is 0 Å². The molecule has 0 bridgehead atoms. The highest BCUT2D eigenvalue weighted by atomic mass is 17.2. The second-order valence-electron chi connectivity index (χ2n) is 4.84. The van der Waals surface area contributed by atoms with Gasteiger partial charge in [-0.25, -0.2) is 14.6 Å². The quantitative estimate of drug-likeness (QED) is 0.518. The Kier molecular flexibility index (Phi) is 5.38. The number of hydrogen-bond acceptors (Lipinski definition) is 4. The molecular formula is C11H22O5. The maximum Gasteiger partial charge on any atom is 0.338 e. The van der Waals surface area contributed by atoms with Gasteiger partial charge in [0.25, 0.3) is 0 Å². The van der Waals surface area contributed by atoms with Gasteiger partial charge in [-0.3, -0.25) is 0 Å². The Labute approximate surface area is 96.3 Å². The number of carbonyl (C=O) groups is 1. The number of aliphatic carboxylic acids is 1. The molecule has 0 rings (SSSR count). The van der Waals surface area contributed by atoms with E-state index in [1.165, 1.54) is 13.8 Å². The lowest BCUT2D eigenvalue weighted by atomic mass is 9.96. The monoisotopic (exact) mass is 234 g/mol. The lowest BCUT2D eigenvalue weighted by Crippen LogP contribution is -2.40. The Hall–Kier alpha value is -0.650. The van der Waals surface area contributed by atoms with Crippen molar-refractivity contribution in [2.75, 3.05) is 0 Å². The van der Waals surface area contributed by atoms with E-state index in [0.717, 1.165) is 0 Å². The average molecular weight is 234 g/mol. The van der Waals surface area contributed by atoms with Gasteiger partial charge in [-0.05, 0) is 34.1 Å². The fourth-order valence-corrected chi connectivity index (χ4v) is 1.10. The van der Waals surface area contributed by atoms with Crippen LogP contribution in [-0.4, -0.2) is 33.5 Å². The Morgan fingerprint density at radius 3 is 2.12 bits per heavy atom. The molecule has 0 spiro atoms. The second kappa shape index (κ2) is 5.61. The lowest BCUT2D eigenvalue weighted by Gasteiger charge is -2.31. The van der Waals surface area contributed by atoms with E-state index in [1.807, 2.05) is 6.92 Å². The van der Waals surface area contributed by atoms with Crippen molar-refractivity contribution in [3.63, 3.8) is 0 Å². The topological polar surface area (TPSA) is 76.0 Å². The Bertz CT molecular complexity index is 237. The summed E-state index contributed by atoms with van der Waals surface area (Å²) in [6.45, 7) is 8.14. The second-order valence-corrected chi connectivity index (χ2v) is 4.84. The van der Waals surface area contributed by atoms with Crippen LogP contribution in [0.4, 0.5) is 0 Å². The van der Waals surface area contributed by atoms with Gasteiger partial charge >= 0.3 is 5.97 Å². The van der Waals surface area contributed by atoms with Gasteiger partial charge in [-0.2, -0.15) is 0 Å². The van der Waals surface area contributed by atoms with Gasteiger partial charge in [0.2, 0.25) is 0 Å². The van der Waals surface area contributed by atoms with Crippen LogP contribution < -0.4 is 0 Å². The minimum atomic E-state index is -1.39. The molecule has 0 saturated heterocycles. The van der Waals surface area contributed by atoms with E-state index in [0.29, 0.717) is 12.8 Å². The molecule has 0 aliphatic heterocycles. The van der Waals surface area contributed by atoms with Crippen LogP contribution in [0.1, 0.15) is 47.5 Å². The molecule has 0 heterocycles. The molecule has 2 unspecified atom stereocenters. The van der Waals surface area contributed by atoms with Crippen molar-refractivity contribution >= 4 is 5.97 Å². The van der Waals surface area contributed by atoms with E-state index in [4.69, 9.17) is 14.9 Å². The van der Waals surface area contributed by atoms with Crippen molar-refractivity contribution in [1.29, 1.82) is 0 Å². The molecule has 16 heavy (non-hydrogen) atoms. The van der Waals surface area contributed by atoms with Crippen molar-refractivity contribution in [3.05, 3.63) is 0 Å². The molecule has 2 N–H and O–H groups in total. The molecule has 5 nitrogen and oxygen atoms in total. The number of carboxylic acids is 1. The normalized spacial score (nSPS) is 17.9. The Morgan fingerprint density at radius 2 is 1.81 bits per heavy atom. The highest BCUT2D eigenvalue weighted by molar-refractivity contribution is 5.76. The Morgan fingerprint density at radius 1 is 1.31 bits per heavy atom. The van der Waals surface area contributed by atoms with Crippen LogP contribution in [0.15, 0.2) is 0 Å². The summed E-state index contributed by atoms with van der Waals surface area (Å²) in [5.74, 6) is -1.09. The first-order chi connectivity index (χ1) is 7.13. The number of hydrogen-bond donors (Lipinski definition) is 2. The van der Waals surface area contributed by atoms with Crippen molar-refractivity contribution in [2.45, 2.75) is 64.8 Å². The standard InChI is InChI=1S/C11H22O5/c1-6-11(5,7-8(2)12)16-15-10(3,4)9(13)14/h8,12H,6-7H2,1-5H3,(H,13,14). The lowest BCUT2D eigenvalue weighted by molar-refractivity contribution is -0.400. The fraction of sp³-hybridized carbons (Fsp3) is 0.909. The van der Waals surface area contributed by atoms with Crippen LogP contribution in [0.2, 0.25) is 0 Å². The fourth-order valence-electron chi connectivity index (χ4n) is 1.10. The molecule has 0 fully saturated rings. The molecule has 0 amide bonds. The van der Waals surface area contributed by atoms with Gasteiger partial charge in [0, 0.05) is 6.42 Å². The molecule has 5 heteroatoms. The third kappa shape index (κ3) is 4.92. The van der Waals surface area contributed by atoms with Crippen molar-refractivity contribution in [2.24, 2.45) is 0 Å². The molecule has 0 aromatic carbocycles. The summed E-state index contributed by atoms with van der Waals surface area (Å²) in [5.41, 5.74) is -2.07. The summed E-state index contributed by atoms with van der Waals surface area (Å²) in [4.78, 5) is 20.9. The van der Waals surface area contributed by atoms with Crippen molar-refractivity contribution in [1.82, 2.24) is 0 Å². The van der Waals surface area contributed by atoms with Gasteiger partial charge in [0.15, 0.2) is 5.60 Å². The SMILES string of the molecule is CCC(C)(CC(C)O)OOC(C)(C)C(=O)O. The first-order valence-corrected chi connectivity index (χ1v) is 5.41. The molecular weight excluding hydrogens is 212 g/mol. The summed E-state index contributed by atoms with van der Waals surface area (Å²) in [6.07, 6.45) is 0.480. The molecule has 0 aliphatic carbocycles. The van der Waals surface area contributed by atoms with E-state index < -0.39 is 23.3 Å². The summed E-state index contributed by atoms with van der Waals surface area (Å²) in [6, 6.07) is 0. The summed E-state index contributed by atoms with van der Waals surface area (Å²) in [7, 11) is 0. The van der Waals surface area contributed by atoms with E-state index in [9.17, 15) is 9.90 Å². The van der Waals surface area contributed by atoms with Crippen molar-refractivity contribution in [3.8, 4) is 0 Å². The van der Waals surface area contributed by atoms with Gasteiger partial charge in [0.1, 0.15) is 5.60 Å². The largest absolute Gasteiger partial charge is 0.479 e. The third-order valence-electron chi connectivity index (χ3n) is 2.44. The zero-order valence-electron chi connectivity index (χ0n) is 10.6. The number of aliphatic hydroxyl groups is 1. The molecule has 0 aromatic rings. The minimum absolute atomic E-state index is 0.388. The summed E-state index contributed by atoms with van der Waals surface area (Å²) < 4.78 is 0. The van der Waals surface area contributed by atoms with Gasteiger partial charge in [0.05, 0.1) is 6.10 Å².